The predicted octanol–water partition coefficient (Wildman–Crippen LogP) is 2.03. The van der Waals surface area contributed by atoms with Crippen molar-refractivity contribution >= 4 is 11.8 Å². The fraction of sp³-hybridized carbons (Fsp3) is 0.875. The van der Waals surface area contributed by atoms with Crippen molar-refractivity contribution in [1.29, 1.82) is 0 Å². The fourth-order valence-electron chi connectivity index (χ4n) is 3.85. The number of carbonyl (C=O) groups is 2. The van der Waals surface area contributed by atoms with Gasteiger partial charge in [-0.05, 0) is 38.5 Å². The number of amides is 2. The minimum atomic E-state index is -0.103. The number of hydrogen-bond acceptors (Lipinski definition) is 2. The van der Waals surface area contributed by atoms with Gasteiger partial charge in [0.2, 0.25) is 11.8 Å². The standard InChI is InChI=1S/C16H26N2O2/c1-11(12-7-8-12)17(2)16(20)13-9-15(19)18(10-13)14-5-3-4-6-14/h11-14H,3-10H2,1-2H3/t11-,13-/m0/s1. The van der Waals surface area contributed by atoms with E-state index in [-0.39, 0.29) is 17.7 Å². The Balaban J connectivity index is 1.60. The smallest absolute Gasteiger partial charge is 0.227 e. The molecule has 0 aromatic heterocycles. The zero-order chi connectivity index (χ0) is 14.3. The summed E-state index contributed by atoms with van der Waals surface area (Å²) in [5.41, 5.74) is 0. The third kappa shape index (κ3) is 2.57. The van der Waals surface area contributed by atoms with E-state index >= 15 is 0 Å². The molecule has 0 radical (unpaired) electrons. The molecule has 0 spiro atoms. The maximum absolute atomic E-state index is 12.6. The topological polar surface area (TPSA) is 40.6 Å². The summed E-state index contributed by atoms with van der Waals surface area (Å²) >= 11 is 0. The fourth-order valence-corrected chi connectivity index (χ4v) is 3.85. The minimum Gasteiger partial charge on any atom is -0.342 e. The second-order valence-corrected chi connectivity index (χ2v) is 6.91. The van der Waals surface area contributed by atoms with E-state index in [0.717, 1.165) is 12.8 Å². The van der Waals surface area contributed by atoms with Gasteiger partial charge in [-0.1, -0.05) is 12.8 Å². The molecular formula is C16H26N2O2. The molecule has 1 saturated heterocycles. The first kappa shape index (κ1) is 13.9. The van der Waals surface area contributed by atoms with Crippen molar-refractivity contribution in [2.75, 3.05) is 13.6 Å². The molecule has 2 aliphatic carbocycles. The lowest BCUT2D eigenvalue weighted by atomic mass is 10.1. The van der Waals surface area contributed by atoms with Gasteiger partial charge < -0.3 is 9.80 Å². The predicted molar refractivity (Wildman–Crippen MR) is 77.0 cm³/mol. The van der Waals surface area contributed by atoms with Crippen LogP contribution in [0.4, 0.5) is 0 Å². The van der Waals surface area contributed by atoms with Crippen molar-refractivity contribution < 1.29 is 9.59 Å². The van der Waals surface area contributed by atoms with E-state index in [1.165, 1.54) is 25.7 Å². The van der Waals surface area contributed by atoms with Gasteiger partial charge >= 0.3 is 0 Å². The Morgan fingerprint density at radius 1 is 1.25 bits per heavy atom. The number of rotatable bonds is 4. The lowest BCUT2D eigenvalue weighted by Gasteiger charge is -2.28. The van der Waals surface area contributed by atoms with Crippen LogP contribution in [-0.2, 0) is 9.59 Å². The highest BCUT2D eigenvalue weighted by molar-refractivity contribution is 5.89. The SMILES string of the molecule is C[C@@H](C1CC1)N(C)C(=O)[C@H]1CC(=O)N(C2CCCC2)C1. The van der Waals surface area contributed by atoms with Gasteiger partial charge in [0, 0.05) is 32.1 Å². The van der Waals surface area contributed by atoms with E-state index in [4.69, 9.17) is 0 Å². The molecule has 4 nitrogen and oxygen atoms in total. The van der Waals surface area contributed by atoms with Crippen LogP contribution in [0.5, 0.6) is 0 Å². The Labute approximate surface area is 121 Å². The summed E-state index contributed by atoms with van der Waals surface area (Å²) in [6.45, 7) is 2.80. The monoisotopic (exact) mass is 278 g/mol. The minimum absolute atomic E-state index is 0.103. The molecule has 0 bridgehead atoms. The molecule has 0 N–H and O–H groups in total. The molecule has 0 aromatic carbocycles. The molecule has 2 atom stereocenters. The van der Waals surface area contributed by atoms with Crippen LogP contribution >= 0.6 is 0 Å². The molecule has 0 unspecified atom stereocenters. The van der Waals surface area contributed by atoms with Gasteiger partial charge in [0.05, 0.1) is 5.92 Å². The molecule has 3 aliphatic rings. The summed E-state index contributed by atoms with van der Waals surface area (Å²) in [5, 5.41) is 0. The van der Waals surface area contributed by atoms with Gasteiger partial charge in [0.1, 0.15) is 0 Å². The summed E-state index contributed by atoms with van der Waals surface area (Å²) in [4.78, 5) is 28.6. The number of nitrogens with zero attached hydrogens (tertiary/aromatic N) is 2. The quantitative estimate of drug-likeness (QED) is 0.789. The molecule has 1 heterocycles. The second-order valence-electron chi connectivity index (χ2n) is 6.91. The van der Waals surface area contributed by atoms with Crippen LogP contribution in [0, 0.1) is 11.8 Å². The van der Waals surface area contributed by atoms with E-state index in [2.05, 4.69) is 6.92 Å². The van der Waals surface area contributed by atoms with Gasteiger partial charge in [0.15, 0.2) is 0 Å². The molecule has 112 valence electrons. The summed E-state index contributed by atoms with van der Waals surface area (Å²) in [5.74, 6) is 0.960. The van der Waals surface area contributed by atoms with E-state index in [9.17, 15) is 9.59 Å². The highest BCUT2D eigenvalue weighted by Crippen LogP contribution is 2.36. The zero-order valence-electron chi connectivity index (χ0n) is 12.7. The molecule has 2 amide bonds. The lowest BCUT2D eigenvalue weighted by molar-refractivity contribution is -0.136. The normalized spacial score (nSPS) is 29.0. The van der Waals surface area contributed by atoms with Crippen LogP contribution < -0.4 is 0 Å². The average molecular weight is 278 g/mol. The number of likely N-dealkylation sites (tertiary alicyclic amines) is 1. The Bertz CT molecular complexity index is 399. The Morgan fingerprint density at radius 3 is 2.50 bits per heavy atom. The average Bonchev–Trinajstić information content (AvgIpc) is 3.01. The highest BCUT2D eigenvalue weighted by Gasteiger charge is 2.41. The molecule has 4 heteroatoms. The summed E-state index contributed by atoms with van der Waals surface area (Å²) < 4.78 is 0. The molecule has 3 fully saturated rings. The van der Waals surface area contributed by atoms with Crippen molar-refractivity contribution in [2.24, 2.45) is 11.8 Å². The van der Waals surface area contributed by atoms with Crippen LogP contribution in [0.2, 0.25) is 0 Å². The molecule has 20 heavy (non-hydrogen) atoms. The van der Waals surface area contributed by atoms with Crippen molar-refractivity contribution in [1.82, 2.24) is 9.80 Å². The van der Waals surface area contributed by atoms with Crippen LogP contribution in [0.1, 0.15) is 51.9 Å². The lowest BCUT2D eigenvalue weighted by Crippen LogP contribution is -2.41. The van der Waals surface area contributed by atoms with Gasteiger partial charge in [-0.2, -0.15) is 0 Å². The first-order chi connectivity index (χ1) is 9.58. The Hall–Kier alpha value is -1.06. The first-order valence-electron chi connectivity index (χ1n) is 8.14. The van der Waals surface area contributed by atoms with Gasteiger partial charge in [-0.15, -0.1) is 0 Å². The molecular weight excluding hydrogens is 252 g/mol. The third-order valence-corrected chi connectivity index (χ3v) is 5.54. The molecule has 3 rings (SSSR count). The summed E-state index contributed by atoms with van der Waals surface area (Å²) in [7, 11) is 1.91. The molecule has 1 aliphatic heterocycles. The van der Waals surface area contributed by atoms with Crippen molar-refractivity contribution in [2.45, 2.75) is 64.0 Å². The number of hydrogen-bond donors (Lipinski definition) is 0. The van der Waals surface area contributed by atoms with Gasteiger partial charge in [-0.25, -0.2) is 0 Å². The van der Waals surface area contributed by atoms with Crippen LogP contribution in [0.15, 0.2) is 0 Å². The van der Waals surface area contributed by atoms with Gasteiger partial charge in [-0.3, -0.25) is 9.59 Å². The summed E-state index contributed by atoms with van der Waals surface area (Å²) in [6.07, 6.45) is 7.63. The van der Waals surface area contributed by atoms with Crippen molar-refractivity contribution in [3.05, 3.63) is 0 Å². The van der Waals surface area contributed by atoms with Gasteiger partial charge in [0.25, 0.3) is 0 Å². The van der Waals surface area contributed by atoms with Crippen molar-refractivity contribution in [3.63, 3.8) is 0 Å². The molecule has 0 aromatic rings. The Kier molecular flexibility index (Phi) is 3.74. The number of carbonyl (C=O) groups excluding carboxylic acids is 2. The second kappa shape index (κ2) is 5.38. The van der Waals surface area contributed by atoms with E-state index in [1.807, 2.05) is 16.8 Å². The maximum atomic E-state index is 12.6. The van der Waals surface area contributed by atoms with E-state index < -0.39 is 0 Å². The largest absolute Gasteiger partial charge is 0.342 e. The van der Waals surface area contributed by atoms with E-state index in [0.29, 0.717) is 31.0 Å². The van der Waals surface area contributed by atoms with Crippen LogP contribution in [0.25, 0.3) is 0 Å². The first-order valence-corrected chi connectivity index (χ1v) is 8.14. The van der Waals surface area contributed by atoms with Crippen molar-refractivity contribution in [3.8, 4) is 0 Å². The maximum Gasteiger partial charge on any atom is 0.227 e. The molecule has 2 saturated carbocycles. The highest BCUT2D eigenvalue weighted by atomic mass is 16.2. The third-order valence-electron chi connectivity index (χ3n) is 5.54. The van der Waals surface area contributed by atoms with E-state index in [1.54, 1.807) is 0 Å². The summed E-state index contributed by atoms with van der Waals surface area (Å²) in [6, 6.07) is 0.740. The van der Waals surface area contributed by atoms with Crippen LogP contribution in [-0.4, -0.2) is 47.3 Å². The van der Waals surface area contributed by atoms with Crippen LogP contribution in [0.3, 0.4) is 0 Å². The zero-order valence-corrected chi connectivity index (χ0v) is 12.7. The Morgan fingerprint density at radius 2 is 1.90 bits per heavy atom.